The van der Waals surface area contributed by atoms with Crippen molar-refractivity contribution in [3.8, 4) is 5.69 Å². The normalized spacial score (nSPS) is 16.3. The van der Waals surface area contributed by atoms with Gasteiger partial charge in [0.1, 0.15) is 12.1 Å². The molecule has 1 fully saturated rings. The summed E-state index contributed by atoms with van der Waals surface area (Å²) in [6.45, 7) is 0.271. The van der Waals surface area contributed by atoms with E-state index in [4.69, 9.17) is 5.73 Å². The van der Waals surface area contributed by atoms with E-state index in [-0.39, 0.29) is 18.1 Å². The van der Waals surface area contributed by atoms with Crippen LogP contribution in [-0.2, 0) is 4.79 Å². The third-order valence-corrected chi connectivity index (χ3v) is 3.99. The number of anilines is 1. The fourth-order valence-electron chi connectivity index (χ4n) is 2.41. The van der Waals surface area contributed by atoms with Crippen LogP contribution in [0.1, 0.15) is 19.3 Å². The van der Waals surface area contributed by atoms with Crippen LogP contribution in [0.5, 0.6) is 0 Å². The van der Waals surface area contributed by atoms with E-state index in [1.807, 2.05) is 0 Å². The molecule has 1 aliphatic rings. The van der Waals surface area contributed by atoms with Crippen LogP contribution in [0.25, 0.3) is 5.69 Å². The second kappa shape index (κ2) is 5.21. The van der Waals surface area contributed by atoms with Crippen molar-refractivity contribution < 1.29 is 9.18 Å². The summed E-state index contributed by atoms with van der Waals surface area (Å²) in [5.74, 6) is -0.740. The van der Waals surface area contributed by atoms with Gasteiger partial charge in [-0.1, -0.05) is 6.42 Å². The lowest BCUT2D eigenvalue weighted by Crippen LogP contribution is -2.47. The van der Waals surface area contributed by atoms with Crippen LogP contribution in [0.4, 0.5) is 10.1 Å². The van der Waals surface area contributed by atoms with Gasteiger partial charge in [0, 0.05) is 6.54 Å². The maximum Gasteiger partial charge on any atom is 0.231 e. The lowest BCUT2D eigenvalue weighted by atomic mass is 9.68. The highest BCUT2D eigenvalue weighted by atomic mass is 19.1. The van der Waals surface area contributed by atoms with Gasteiger partial charge < -0.3 is 11.1 Å². The first-order chi connectivity index (χ1) is 10.1. The number of benzene rings is 1. The highest BCUT2D eigenvalue weighted by Crippen LogP contribution is 2.41. The van der Waals surface area contributed by atoms with Crippen LogP contribution < -0.4 is 11.1 Å². The topological polar surface area (TPSA) is 98.7 Å². The Kier molecular flexibility index (Phi) is 3.38. The molecule has 0 bridgehead atoms. The lowest BCUT2D eigenvalue weighted by Gasteiger charge is -2.39. The number of nitrogens with two attached hydrogens (primary N) is 1. The predicted molar refractivity (Wildman–Crippen MR) is 73.1 cm³/mol. The monoisotopic (exact) mass is 290 g/mol. The summed E-state index contributed by atoms with van der Waals surface area (Å²) < 4.78 is 15.3. The molecule has 2 aromatic rings. The third kappa shape index (κ3) is 2.38. The number of hydrogen-bond donors (Lipinski definition) is 2. The molecule has 1 aromatic carbocycles. The van der Waals surface area contributed by atoms with Gasteiger partial charge in [-0.05, 0) is 41.5 Å². The van der Waals surface area contributed by atoms with Crippen molar-refractivity contribution in [3.05, 3.63) is 30.3 Å². The first-order valence-corrected chi connectivity index (χ1v) is 6.69. The Labute approximate surface area is 120 Å². The Morgan fingerprint density at radius 3 is 2.86 bits per heavy atom. The first kappa shape index (κ1) is 13.6. The van der Waals surface area contributed by atoms with Gasteiger partial charge in [-0.15, -0.1) is 5.10 Å². The largest absolute Gasteiger partial charge is 0.329 e. The van der Waals surface area contributed by atoms with Crippen LogP contribution in [0.2, 0.25) is 0 Å². The van der Waals surface area contributed by atoms with E-state index < -0.39 is 11.2 Å². The highest BCUT2D eigenvalue weighted by Gasteiger charge is 2.43. The van der Waals surface area contributed by atoms with Crippen LogP contribution in [0.15, 0.2) is 24.5 Å². The van der Waals surface area contributed by atoms with E-state index in [2.05, 4.69) is 20.8 Å². The maximum atomic E-state index is 13.9. The molecule has 1 heterocycles. The quantitative estimate of drug-likeness (QED) is 0.870. The van der Waals surface area contributed by atoms with E-state index in [0.29, 0.717) is 5.69 Å². The minimum atomic E-state index is -0.558. The molecule has 110 valence electrons. The van der Waals surface area contributed by atoms with E-state index in [1.165, 1.54) is 29.2 Å². The smallest absolute Gasteiger partial charge is 0.231 e. The molecule has 21 heavy (non-hydrogen) atoms. The van der Waals surface area contributed by atoms with Crippen molar-refractivity contribution in [1.82, 2.24) is 20.2 Å². The second-order valence-corrected chi connectivity index (χ2v) is 5.21. The Hall–Kier alpha value is -2.35. The van der Waals surface area contributed by atoms with E-state index in [1.54, 1.807) is 0 Å². The summed E-state index contributed by atoms with van der Waals surface area (Å²) in [7, 11) is 0. The Balaban J connectivity index is 1.85. The molecule has 7 nitrogen and oxygen atoms in total. The minimum Gasteiger partial charge on any atom is -0.329 e. The molecular formula is C13H15FN6O. The van der Waals surface area contributed by atoms with E-state index >= 15 is 0 Å². The predicted octanol–water partition coefficient (Wildman–Crippen LogP) is 0.869. The molecule has 1 aliphatic carbocycles. The average molecular weight is 290 g/mol. The number of tetrazole rings is 1. The Morgan fingerprint density at radius 1 is 1.48 bits per heavy atom. The molecule has 8 heteroatoms. The number of aromatic nitrogens is 4. The molecule has 0 aliphatic heterocycles. The number of carbonyl (C=O) groups excluding carboxylic acids is 1. The number of carbonyl (C=O) groups is 1. The van der Waals surface area contributed by atoms with Crippen molar-refractivity contribution in [1.29, 1.82) is 0 Å². The summed E-state index contributed by atoms with van der Waals surface area (Å²) in [6.07, 6.45) is 3.84. The molecule has 1 amide bonds. The van der Waals surface area contributed by atoms with Crippen molar-refractivity contribution in [2.45, 2.75) is 19.3 Å². The van der Waals surface area contributed by atoms with Crippen molar-refractivity contribution in [2.75, 3.05) is 11.9 Å². The highest BCUT2D eigenvalue weighted by molar-refractivity contribution is 5.96. The maximum absolute atomic E-state index is 13.9. The number of amides is 1. The lowest BCUT2D eigenvalue weighted by molar-refractivity contribution is -0.129. The van der Waals surface area contributed by atoms with Gasteiger partial charge in [0.15, 0.2) is 0 Å². The minimum absolute atomic E-state index is 0.104. The van der Waals surface area contributed by atoms with E-state index in [0.717, 1.165) is 19.3 Å². The Morgan fingerprint density at radius 2 is 2.29 bits per heavy atom. The first-order valence-electron chi connectivity index (χ1n) is 6.69. The standard InChI is InChI=1S/C13H15FN6O/c14-10-3-2-9(20-8-16-18-19-20)6-11(10)17-12(21)13(7-15)4-1-5-13/h2-3,6,8H,1,4-5,7,15H2,(H,17,21). The number of hydrogen-bond acceptors (Lipinski definition) is 5. The summed E-state index contributed by atoms with van der Waals surface area (Å²) in [5.41, 5.74) is 5.79. The SMILES string of the molecule is NCC1(C(=O)Nc2cc(-n3cnnn3)ccc2F)CCC1. The van der Waals surface area contributed by atoms with Gasteiger partial charge in [-0.25, -0.2) is 9.07 Å². The fraction of sp³-hybridized carbons (Fsp3) is 0.385. The van der Waals surface area contributed by atoms with Gasteiger partial charge in [0.05, 0.1) is 16.8 Å². The molecule has 0 atom stereocenters. The summed E-state index contributed by atoms with van der Waals surface area (Å²) in [4.78, 5) is 12.3. The second-order valence-electron chi connectivity index (χ2n) is 5.21. The molecule has 1 saturated carbocycles. The number of nitrogens with one attached hydrogen (secondary N) is 1. The van der Waals surface area contributed by atoms with Crippen LogP contribution in [0.3, 0.4) is 0 Å². The average Bonchev–Trinajstić information content (AvgIpc) is 2.94. The van der Waals surface area contributed by atoms with Gasteiger partial charge >= 0.3 is 0 Å². The molecule has 0 spiro atoms. The van der Waals surface area contributed by atoms with E-state index in [9.17, 15) is 9.18 Å². The number of rotatable bonds is 4. The summed E-state index contributed by atoms with van der Waals surface area (Å²) in [5, 5.41) is 13.4. The number of halogens is 1. The third-order valence-electron chi connectivity index (χ3n) is 3.99. The van der Waals surface area contributed by atoms with Gasteiger partial charge in [0.2, 0.25) is 5.91 Å². The fourth-order valence-corrected chi connectivity index (χ4v) is 2.41. The molecule has 0 radical (unpaired) electrons. The Bertz CT molecular complexity index is 647. The van der Waals surface area contributed by atoms with Gasteiger partial charge in [-0.3, -0.25) is 4.79 Å². The van der Waals surface area contributed by atoms with Crippen molar-refractivity contribution in [2.24, 2.45) is 11.1 Å². The van der Waals surface area contributed by atoms with Crippen molar-refractivity contribution >= 4 is 11.6 Å². The van der Waals surface area contributed by atoms with Gasteiger partial charge in [0.25, 0.3) is 0 Å². The summed E-state index contributed by atoms with van der Waals surface area (Å²) in [6, 6.07) is 4.29. The van der Waals surface area contributed by atoms with Crippen molar-refractivity contribution in [3.63, 3.8) is 0 Å². The molecule has 1 aromatic heterocycles. The zero-order valence-corrected chi connectivity index (χ0v) is 11.3. The van der Waals surface area contributed by atoms with Gasteiger partial charge in [-0.2, -0.15) is 0 Å². The molecule has 3 rings (SSSR count). The summed E-state index contributed by atoms with van der Waals surface area (Å²) >= 11 is 0. The van der Waals surface area contributed by atoms with Crippen LogP contribution in [0, 0.1) is 11.2 Å². The van der Waals surface area contributed by atoms with Crippen LogP contribution in [-0.4, -0.2) is 32.7 Å². The zero-order chi connectivity index (χ0) is 14.9. The molecule has 3 N–H and O–H groups in total. The molecule has 0 unspecified atom stereocenters. The van der Waals surface area contributed by atoms with Crippen LogP contribution >= 0.6 is 0 Å². The number of nitrogens with zero attached hydrogens (tertiary/aromatic N) is 4. The molecule has 0 saturated heterocycles. The zero-order valence-electron chi connectivity index (χ0n) is 11.3. The molecular weight excluding hydrogens is 275 g/mol.